The Morgan fingerprint density at radius 3 is 1.29 bits per heavy atom. The SMILES string of the molecule is Cc1cc(-c2cc(C)cc(C(C)(C)C)c2Op2oc3ccccc3c3ccccc3o2)c(OCCp2oc3ccccc3c3ccccc3o2)c(C(C)(C)C)c1. The van der Waals surface area contributed by atoms with Crippen molar-refractivity contribution in [3.63, 3.8) is 0 Å². The first kappa shape index (κ1) is 37.6. The van der Waals surface area contributed by atoms with Gasteiger partial charge in [0.05, 0.1) is 6.16 Å². The second kappa shape index (κ2) is 15.0. The van der Waals surface area contributed by atoms with Crippen molar-refractivity contribution in [2.24, 2.45) is 0 Å². The topological polar surface area (TPSA) is 71.0 Å². The molecule has 0 unspecified atom stereocenters. The highest BCUT2D eigenvalue weighted by molar-refractivity contribution is 7.36. The summed E-state index contributed by atoms with van der Waals surface area (Å²) >= 11 is 0. The van der Waals surface area contributed by atoms with Gasteiger partial charge in [-0.1, -0.05) is 126 Å². The zero-order valence-electron chi connectivity index (χ0n) is 33.3. The minimum Gasteiger partial charge on any atom is -0.492 e. The van der Waals surface area contributed by atoms with Gasteiger partial charge >= 0.3 is 8.24 Å². The normalized spacial score (nSPS) is 12.1. The minimum atomic E-state index is -1.91. The molecule has 6 aromatic carbocycles. The number of hydrogen-bond donors (Lipinski definition) is 0. The summed E-state index contributed by atoms with van der Waals surface area (Å²) in [6, 6.07) is 41.2. The molecule has 0 atom stereocenters. The van der Waals surface area contributed by atoms with Gasteiger partial charge in [0.25, 0.3) is 0 Å². The number of hydrogen-bond acceptors (Lipinski definition) is 6. The maximum atomic E-state index is 7.08. The van der Waals surface area contributed by atoms with Crippen LogP contribution in [0.2, 0.25) is 0 Å². The average molecular weight is 783 g/mol. The molecule has 2 aromatic heterocycles. The Morgan fingerprint density at radius 2 is 0.857 bits per heavy atom. The van der Waals surface area contributed by atoms with Crippen LogP contribution in [0.15, 0.2) is 138 Å². The van der Waals surface area contributed by atoms with Gasteiger partial charge in [0.15, 0.2) is 0 Å². The standard InChI is InChI=1S/C48H48O6P2/c1-31-27-37(45(39(29-31)47(3,4)5)49-25-26-55-50-41-21-13-9-17-33(41)34-18-10-14-22-42(34)51-55)38-28-32(2)30-40(48(6,7)8)46(38)54-56-52-43-23-15-11-19-35(43)36-20-12-16-24-44(36)53-56/h9-24,27-30H,25-26H2,1-8H3. The second-order valence-corrected chi connectivity index (χ2v) is 18.9. The van der Waals surface area contributed by atoms with Gasteiger partial charge in [0.1, 0.15) is 40.4 Å². The van der Waals surface area contributed by atoms with Crippen LogP contribution in [0.25, 0.3) is 55.0 Å². The fraction of sp³-hybridized carbons (Fsp3) is 0.250. The molecule has 0 bridgehead atoms. The van der Waals surface area contributed by atoms with E-state index in [1.165, 1.54) is 0 Å². The van der Waals surface area contributed by atoms with Gasteiger partial charge in [0.2, 0.25) is 8.01 Å². The summed E-state index contributed by atoms with van der Waals surface area (Å²) in [5.41, 5.74) is 8.89. The lowest BCUT2D eigenvalue weighted by molar-refractivity contribution is 0.321. The molecule has 56 heavy (non-hydrogen) atoms. The Kier molecular flexibility index (Phi) is 10.1. The highest BCUT2D eigenvalue weighted by Crippen LogP contribution is 2.50. The Balaban J connectivity index is 1.28. The van der Waals surface area contributed by atoms with Crippen LogP contribution in [-0.4, -0.2) is 6.61 Å². The van der Waals surface area contributed by atoms with Crippen LogP contribution in [0.4, 0.5) is 0 Å². The first-order chi connectivity index (χ1) is 26.8. The molecule has 8 heteroatoms. The summed E-state index contributed by atoms with van der Waals surface area (Å²) in [5, 5.41) is 4.00. The van der Waals surface area contributed by atoms with Crippen molar-refractivity contribution in [3.8, 4) is 22.6 Å². The lowest BCUT2D eigenvalue weighted by atomic mass is 9.80. The summed E-state index contributed by atoms with van der Waals surface area (Å²) in [6.07, 6.45) is 0.561. The van der Waals surface area contributed by atoms with E-state index in [1.54, 1.807) is 0 Å². The number of aryl methyl sites for hydroxylation is 2. The third-order valence-corrected chi connectivity index (χ3v) is 12.3. The molecule has 0 amide bonds. The van der Waals surface area contributed by atoms with E-state index >= 15 is 0 Å². The molecule has 8 rings (SSSR count). The molecule has 286 valence electrons. The van der Waals surface area contributed by atoms with Gasteiger partial charge < -0.3 is 26.0 Å². The zero-order valence-corrected chi connectivity index (χ0v) is 35.1. The van der Waals surface area contributed by atoms with Crippen molar-refractivity contribution in [3.05, 3.63) is 144 Å². The predicted octanol–water partition coefficient (Wildman–Crippen LogP) is 15.7. The molecule has 0 spiro atoms. The van der Waals surface area contributed by atoms with Crippen LogP contribution in [0.1, 0.15) is 63.8 Å². The Morgan fingerprint density at radius 1 is 0.482 bits per heavy atom. The van der Waals surface area contributed by atoms with Crippen LogP contribution in [0.3, 0.4) is 0 Å². The van der Waals surface area contributed by atoms with Crippen molar-refractivity contribution < 1.29 is 26.0 Å². The van der Waals surface area contributed by atoms with E-state index in [0.717, 1.165) is 88.8 Å². The summed E-state index contributed by atoms with van der Waals surface area (Å²) in [6.45, 7) is 18.0. The highest BCUT2D eigenvalue weighted by atomic mass is 31.1. The van der Waals surface area contributed by atoms with Crippen molar-refractivity contribution in [2.45, 2.75) is 72.4 Å². The average Bonchev–Trinajstić information content (AvgIpc) is 3.42. The van der Waals surface area contributed by atoms with Crippen LogP contribution >= 0.6 is 16.3 Å². The molecule has 0 saturated carbocycles. The number of benzene rings is 6. The number of para-hydroxylation sites is 4. The third kappa shape index (κ3) is 7.61. The van der Waals surface area contributed by atoms with E-state index < -0.39 is 16.3 Å². The molecule has 8 aromatic rings. The van der Waals surface area contributed by atoms with Crippen molar-refractivity contribution >= 4 is 60.1 Å². The summed E-state index contributed by atoms with van der Waals surface area (Å²) < 4.78 is 40.4. The second-order valence-electron chi connectivity index (χ2n) is 16.4. The van der Waals surface area contributed by atoms with Crippen LogP contribution in [-0.2, 0) is 17.0 Å². The summed E-state index contributed by atoms with van der Waals surface area (Å²) in [5.74, 6) is 1.53. The molecule has 0 N–H and O–H groups in total. The lowest BCUT2D eigenvalue weighted by Gasteiger charge is -2.28. The quantitative estimate of drug-likeness (QED) is 0.160. The number of ether oxygens (including phenoxy) is 1. The van der Waals surface area contributed by atoms with Crippen molar-refractivity contribution in [2.75, 3.05) is 6.61 Å². The van der Waals surface area contributed by atoms with Crippen LogP contribution in [0, 0.1) is 13.8 Å². The summed E-state index contributed by atoms with van der Waals surface area (Å²) in [4.78, 5) is 0. The van der Waals surface area contributed by atoms with Crippen molar-refractivity contribution in [1.29, 1.82) is 0 Å². The summed E-state index contributed by atoms with van der Waals surface area (Å²) in [7, 11) is -3.26. The van der Waals surface area contributed by atoms with Gasteiger partial charge in [-0.2, -0.15) is 0 Å². The number of fused-ring (bicyclic) bond motifs is 6. The molecular weight excluding hydrogens is 734 g/mol. The molecule has 0 saturated heterocycles. The third-order valence-electron chi connectivity index (χ3n) is 9.93. The monoisotopic (exact) mass is 782 g/mol. The van der Waals surface area contributed by atoms with Gasteiger partial charge in [-0.15, -0.1) is 0 Å². The van der Waals surface area contributed by atoms with Gasteiger partial charge in [-0.05, 0) is 72.2 Å². The molecule has 0 aliphatic heterocycles. The predicted molar refractivity (Wildman–Crippen MR) is 233 cm³/mol. The van der Waals surface area contributed by atoms with E-state index in [-0.39, 0.29) is 10.8 Å². The smallest absolute Gasteiger partial charge is 0.453 e. The Labute approximate surface area is 330 Å². The largest absolute Gasteiger partial charge is 0.492 e. The number of rotatable bonds is 7. The van der Waals surface area contributed by atoms with Crippen LogP contribution < -0.4 is 9.26 Å². The maximum Gasteiger partial charge on any atom is 0.453 e. The molecule has 0 radical (unpaired) electrons. The van der Waals surface area contributed by atoms with Gasteiger partial charge in [0, 0.05) is 43.8 Å². The molecule has 0 aliphatic rings. The Hall–Kier alpha value is -5.28. The van der Waals surface area contributed by atoms with Crippen LogP contribution in [0.5, 0.6) is 11.5 Å². The molecule has 0 fully saturated rings. The van der Waals surface area contributed by atoms with E-state index in [4.69, 9.17) is 26.0 Å². The maximum absolute atomic E-state index is 7.08. The van der Waals surface area contributed by atoms with E-state index in [9.17, 15) is 0 Å². The van der Waals surface area contributed by atoms with E-state index in [2.05, 4.69) is 104 Å². The van der Waals surface area contributed by atoms with E-state index in [1.807, 2.05) is 72.8 Å². The minimum absolute atomic E-state index is 0.225. The zero-order chi connectivity index (χ0) is 39.2. The first-order valence-electron chi connectivity index (χ1n) is 19.1. The fourth-order valence-electron chi connectivity index (χ4n) is 7.23. The molecular formula is C48H48O6P2. The van der Waals surface area contributed by atoms with Gasteiger partial charge in [-0.3, -0.25) is 0 Å². The first-order valence-corrected chi connectivity index (χ1v) is 21.6. The highest BCUT2D eigenvalue weighted by Gasteiger charge is 2.29. The molecule has 6 nitrogen and oxygen atoms in total. The lowest BCUT2D eigenvalue weighted by Crippen LogP contribution is -2.16. The van der Waals surface area contributed by atoms with Crippen molar-refractivity contribution in [1.82, 2.24) is 0 Å². The Bertz CT molecular complexity index is 2700. The molecule has 2 heterocycles. The van der Waals surface area contributed by atoms with Gasteiger partial charge in [-0.25, -0.2) is 0 Å². The van der Waals surface area contributed by atoms with E-state index in [0.29, 0.717) is 12.8 Å². The molecule has 0 aliphatic carbocycles. The fourth-order valence-corrected chi connectivity index (χ4v) is 9.55.